The van der Waals surface area contributed by atoms with E-state index in [4.69, 9.17) is 18.9 Å². The van der Waals surface area contributed by atoms with E-state index >= 15 is 0 Å². The Morgan fingerprint density at radius 2 is 1.91 bits per heavy atom. The first-order valence-electron chi connectivity index (χ1n) is 11.4. The molecule has 7 nitrogen and oxygen atoms in total. The molecule has 1 aromatic carbocycles. The van der Waals surface area contributed by atoms with Crippen molar-refractivity contribution in [2.24, 2.45) is 5.92 Å². The summed E-state index contributed by atoms with van der Waals surface area (Å²) in [5.41, 5.74) is 2.78. The smallest absolute Gasteiger partial charge is 0.213 e. The molecule has 5 rings (SSSR count). The Kier molecular flexibility index (Phi) is 6.25. The molecular weight excluding hydrogens is 406 g/mol. The lowest BCUT2D eigenvalue weighted by molar-refractivity contribution is 0.105. The van der Waals surface area contributed by atoms with Gasteiger partial charge in [-0.25, -0.2) is 4.98 Å². The molecule has 0 amide bonds. The number of aromatic nitrogens is 2. The molecule has 0 aliphatic carbocycles. The minimum atomic E-state index is 0.0869. The van der Waals surface area contributed by atoms with Crippen LogP contribution in [0.1, 0.15) is 24.8 Å². The van der Waals surface area contributed by atoms with Crippen LogP contribution in [0.25, 0.3) is 11.0 Å². The molecule has 1 saturated heterocycles. The fraction of sp³-hybridized carbons (Fsp3) is 0.440. The van der Waals surface area contributed by atoms with Crippen LogP contribution in [0.15, 0.2) is 42.6 Å². The fourth-order valence-corrected chi connectivity index (χ4v) is 4.51. The van der Waals surface area contributed by atoms with E-state index < -0.39 is 0 Å². The summed E-state index contributed by atoms with van der Waals surface area (Å²) in [5.74, 6) is 3.48. The van der Waals surface area contributed by atoms with E-state index in [2.05, 4.69) is 27.4 Å². The molecule has 1 N–H and O–H groups in total. The van der Waals surface area contributed by atoms with Crippen molar-refractivity contribution in [3.63, 3.8) is 0 Å². The van der Waals surface area contributed by atoms with Gasteiger partial charge in [-0.05, 0) is 68.5 Å². The van der Waals surface area contributed by atoms with Gasteiger partial charge >= 0.3 is 0 Å². The summed E-state index contributed by atoms with van der Waals surface area (Å²) in [4.78, 5) is 9.04. The highest BCUT2D eigenvalue weighted by molar-refractivity contribution is 5.81. The highest BCUT2D eigenvalue weighted by atomic mass is 16.6. The highest BCUT2D eigenvalue weighted by Gasteiger charge is 2.26. The Morgan fingerprint density at radius 1 is 1.06 bits per heavy atom. The van der Waals surface area contributed by atoms with Gasteiger partial charge in [-0.2, -0.15) is 0 Å². The molecule has 1 unspecified atom stereocenters. The minimum absolute atomic E-state index is 0.0869. The van der Waals surface area contributed by atoms with Gasteiger partial charge in [0.1, 0.15) is 30.6 Å². The minimum Gasteiger partial charge on any atom is -0.488 e. The molecule has 2 aromatic heterocycles. The molecule has 168 valence electrons. The number of hydrogen-bond acceptors (Lipinski definition) is 7. The summed E-state index contributed by atoms with van der Waals surface area (Å²) in [5, 5.41) is 3.46. The van der Waals surface area contributed by atoms with E-state index in [1.807, 2.05) is 24.3 Å². The van der Waals surface area contributed by atoms with Crippen LogP contribution in [0.4, 0.5) is 0 Å². The number of fused-ring (bicyclic) bond motifs is 2. The van der Waals surface area contributed by atoms with Crippen molar-refractivity contribution in [3.8, 4) is 23.1 Å². The maximum absolute atomic E-state index is 6.66. The van der Waals surface area contributed by atoms with E-state index in [9.17, 15) is 0 Å². The van der Waals surface area contributed by atoms with Crippen molar-refractivity contribution in [3.05, 3.63) is 48.2 Å². The number of nitrogens with zero attached hydrogens (tertiary/aromatic N) is 2. The maximum atomic E-state index is 6.66. The third-order valence-electron chi connectivity index (χ3n) is 6.24. The molecule has 3 aromatic rings. The zero-order valence-electron chi connectivity index (χ0n) is 18.4. The summed E-state index contributed by atoms with van der Waals surface area (Å²) < 4.78 is 23.4. The van der Waals surface area contributed by atoms with Crippen LogP contribution in [0, 0.1) is 5.92 Å². The molecule has 4 heterocycles. The number of rotatable bonds is 7. The number of methoxy groups -OCH3 is 1. The second kappa shape index (κ2) is 9.61. The van der Waals surface area contributed by atoms with E-state index in [1.54, 1.807) is 13.3 Å². The molecule has 32 heavy (non-hydrogen) atoms. The topological polar surface area (TPSA) is 74.7 Å². The highest BCUT2D eigenvalue weighted by Crippen LogP contribution is 2.33. The number of piperidine rings is 1. The van der Waals surface area contributed by atoms with Crippen LogP contribution < -0.4 is 24.3 Å². The molecular formula is C25H29N3O4. The van der Waals surface area contributed by atoms with Gasteiger partial charge in [0.25, 0.3) is 0 Å². The third kappa shape index (κ3) is 4.58. The zero-order chi connectivity index (χ0) is 21.8. The molecule has 2 aliphatic heterocycles. The van der Waals surface area contributed by atoms with Crippen molar-refractivity contribution < 1.29 is 18.9 Å². The quantitative estimate of drug-likeness (QED) is 0.605. The Labute approximate surface area is 188 Å². The van der Waals surface area contributed by atoms with Crippen molar-refractivity contribution in [1.82, 2.24) is 15.3 Å². The fourth-order valence-electron chi connectivity index (χ4n) is 4.51. The number of pyridine rings is 2. The predicted octanol–water partition coefficient (Wildman–Crippen LogP) is 3.79. The lowest BCUT2D eigenvalue weighted by atomic mass is 9.88. The lowest BCUT2D eigenvalue weighted by Gasteiger charge is -2.31. The summed E-state index contributed by atoms with van der Waals surface area (Å²) in [7, 11) is 1.62. The zero-order valence-corrected chi connectivity index (χ0v) is 18.4. The van der Waals surface area contributed by atoms with Gasteiger partial charge in [0.2, 0.25) is 5.88 Å². The first-order valence-corrected chi connectivity index (χ1v) is 11.4. The average Bonchev–Trinajstić information content (AvgIpc) is 2.86. The van der Waals surface area contributed by atoms with E-state index in [-0.39, 0.29) is 6.10 Å². The number of hydrogen-bond donors (Lipinski definition) is 1. The van der Waals surface area contributed by atoms with E-state index in [0.717, 1.165) is 67.1 Å². The van der Waals surface area contributed by atoms with Crippen molar-refractivity contribution >= 4 is 11.0 Å². The van der Waals surface area contributed by atoms with Gasteiger partial charge in [-0.15, -0.1) is 0 Å². The van der Waals surface area contributed by atoms with Crippen LogP contribution in [-0.2, 0) is 6.42 Å². The van der Waals surface area contributed by atoms with E-state index in [1.165, 1.54) is 5.56 Å². The Morgan fingerprint density at radius 3 is 2.75 bits per heavy atom. The SMILES string of the molecule is COc1ccc2nccc(OC(CCc3ccc4c(c3)OCCO4)C3CCNCC3)c2n1. The average molecular weight is 436 g/mol. The molecule has 0 bridgehead atoms. The normalized spacial score (nSPS) is 17.2. The molecule has 1 fully saturated rings. The third-order valence-corrected chi connectivity index (χ3v) is 6.24. The molecule has 7 heteroatoms. The predicted molar refractivity (Wildman–Crippen MR) is 122 cm³/mol. The van der Waals surface area contributed by atoms with Gasteiger partial charge in [-0.3, -0.25) is 4.98 Å². The van der Waals surface area contributed by atoms with Crippen molar-refractivity contribution in [2.45, 2.75) is 31.8 Å². The summed E-state index contributed by atoms with van der Waals surface area (Å²) in [6, 6.07) is 11.9. The van der Waals surface area contributed by atoms with Crippen LogP contribution in [0.3, 0.4) is 0 Å². The van der Waals surface area contributed by atoms with Crippen molar-refractivity contribution in [1.29, 1.82) is 0 Å². The molecule has 1 atom stereocenters. The summed E-state index contributed by atoms with van der Waals surface area (Å²) in [6.07, 6.45) is 5.90. The Bertz CT molecular complexity index is 1070. The van der Waals surface area contributed by atoms with Crippen LogP contribution in [-0.4, -0.2) is 49.5 Å². The second-order valence-electron chi connectivity index (χ2n) is 8.29. The number of aryl methyl sites for hydroxylation is 1. The molecule has 0 saturated carbocycles. The van der Waals surface area contributed by atoms with Crippen LogP contribution in [0.5, 0.6) is 23.1 Å². The van der Waals surface area contributed by atoms with Gasteiger partial charge < -0.3 is 24.3 Å². The first kappa shape index (κ1) is 20.8. The Balaban J connectivity index is 1.37. The summed E-state index contributed by atoms with van der Waals surface area (Å²) in [6.45, 7) is 3.26. The molecule has 0 radical (unpaired) electrons. The summed E-state index contributed by atoms with van der Waals surface area (Å²) >= 11 is 0. The van der Waals surface area contributed by atoms with Gasteiger partial charge in [0, 0.05) is 18.3 Å². The van der Waals surface area contributed by atoms with Gasteiger partial charge in [-0.1, -0.05) is 6.07 Å². The van der Waals surface area contributed by atoms with Gasteiger partial charge in [0.15, 0.2) is 11.5 Å². The van der Waals surface area contributed by atoms with E-state index in [0.29, 0.717) is 25.0 Å². The van der Waals surface area contributed by atoms with Crippen LogP contribution in [0.2, 0.25) is 0 Å². The largest absolute Gasteiger partial charge is 0.488 e. The number of nitrogens with one attached hydrogen (secondary N) is 1. The van der Waals surface area contributed by atoms with Crippen molar-refractivity contribution in [2.75, 3.05) is 33.4 Å². The number of ether oxygens (including phenoxy) is 4. The molecule has 2 aliphatic rings. The molecule has 0 spiro atoms. The first-order chi connectivity index (χ1) is 15.8. The van der Waals surface area contributed by atoms with Crippen LogP contribution >= 0.6 is 0 Å². The van der Waals surface area contributed by atoms with Gasteiger partial charge in [0.05, 0.1) is 12.6 Å². The second-order valence-corrected chi connectivity index (χ2v) is 8.29. The maximum Gasteiger partial charge on any atom is 0.213 e. The Hall–Kier alpha value is -3.06. The lowest BCUT2D eigenvalue weighted by Crippen LogP contribution is -2.37. The standard InChI is InChI=1S/C25H29N3O4/c1-29-24-7-4-19-25(28-24)22(10-13-27-19)32-20(18-8-11-26-12-9-18)5-2-17-3-6-21-23(16-17)31-15-14-30-21/h3-4,6-7,10,13,16,18,20,26H,2,5,8-9,11-12,14-15H2,1H3. The monoisotopic (exact) mass is 435 g/mol. The number of benzene rings is 1.